The van der Waals surface area contributed by atoms with Gasteiger partial charge in [0, 0.05) is 39.8 Å². The van der Waals surface area contributed by atoms with Gasteiger partial charge in [0.1, 0.15) is 18.7 Å². The van der Waals surface area contributed by atoms with Gasteiger partial charge >= 0.3 is 0 Å². The maximum absolute atomic E-state index is 12.3. The maximum atomic E-state index is 12.3. The average Bonchev–Trinajstić information content (AvgIpc) is 3.30. The summed E-state index contributed by atoms with van der Waals surface area (Å²) >= 11 is 0. The quantitative estimate of drug-likeness (QED) is 0.404. The SMILES string of the molecule is CCNC(=NCc1ncnn1C)N1CCN(C(=O)c2ccco2)CC1.I. The van der Waals surface area contributed by atoms with Crippen molar-refractivity contribution in [3.63, 3.8) is 0 Å². The Labute approximate surface area is 169 Å². The number of aromatic nitrogens is 3. The molecule has 0 spiro atoms. The molecule has 26 heavy (non-hydrogen) atoms. The summed E-state index contributed by atoms with van der Waals surface area (Å²) in [6.07, 6.45) is 3.04. The third-order valence-corrected chi connectivity index (χ3v) is 4.11. The van der Waals surface area contributed by atoms with E-state index in [0.29, 0.717) is 25.4 Å². The number of furan rings is 1. The summed E-state index contributed by atoms with van der Waals surface area (Å²) in [5.74, 6) is 1.96. The summed E-state index contributed by atoms with van der Waals surface area (Å²) in [7, 11) is 1.85. The number of rotatable bonds is 4. The minimum absolute atomic E-state index is 0. The molecule has 3 rings (SSSR count). The molecule has 1 fully saturated rings. The molecular formula is C16H24IN7O2. The van der Waals surface area contributed by atoms with Gasteiger partial charge in [-0.05, 0) is 19.1 Å². The van der Waals surface area contributed by atoms with Crippen molar-refractivity contribution in [1.82, 2.24) is 29.9 Å². The minimum Gasteiger partial charge on any atom is -0.459 e. The molecule has 0 saturated carbocycles. The number of hydrogen-bond acceptors (Lipinski definition) is 5. The van der Waals surface area contributed by atoms with Crippen molar-refractivity contribution >= 4 is 35.8 Å². The van der Waals surface area contributed by atoms with Crippen molar-refractivity contribution in [2.75, 3.05) is 32.7 Å². The number of nitrogens with zero attached hydrogens (tertiary/aromatic N) is 6. The Morgan fingerprint density at radius 1 is 1.31 bits per heavy atom. The lowest BCUT2D eigenvalue weighted by Gasteiger charge is -2.36. The molecule has 0 aromatic carbocycles. The molecule has 1 amide bonds. The van der Waals surface area contributed by atoms with Crippen LogP contribution in [0.5, 0.6) is 0 Å². The molecule has 1 aliphatic rings. The van der Waals surface area contributed by atoms with Crippen LogP contribution in [0.25, 0.3) is 0 Å². The van der Waals surface area contributed by atoms with Gasteiger partial charge in [-0.15, -0.1) is 24.0 Å². The predicted octanol–water partition coefficient (Wildman–Crippen LogP) is 0.950. The molecule has 2 aromatic rings. The van der Waals surface area contributed by atoms with Crippen LogP contribution in [0.1, 0.15) is 23.3 Å². The third kappa shape index (κ3) is 4.74. The fourth-order valence-corrected chi connectivity index (χ4v) is 2.71. The molecule has 1 aliphatic heterocycles. The molecule has 0 bridgehead atoms. The second kappa shape index (κ2) is 9.55. The lowest BCUT2D eigenvalue weighted by Crippen LogP contribution is -2.53. The minimum atomic E-state index is -0.0642. The van der Waals surface area contributed by atoms with Crippen molar-refractivity contribution in [2.24, 2.45) is 12.0 Å². The number of nitrogens with one attached hydrogen (secondary N) is 1. The highest BCUT2D eigenvalue weighted by Gasteiger charge is 2.25. The van der Waals surface area contributed by atoms with Crippen LogP contribution in [0.4, 0.5) is 0 Å². The number of carbonyl (C=O) groups excluding carboxylic acids is 1. The summed E-state index contributed by atoms with van der Waals surface area (Å²) in [4.78, 5) is 25.1. The van der Waals surface area contributed by atoms with E-state index in [1.165, 1.54) is 12.6 Å². The zero-order chi connectivity index (χ0) is 17.6. The number of aryl methyl sites for hydroxylation is 1. The second-order valence-corrected chi connectivity index (χ2v) is 5.73. The molecule has 10 heteroatoms. The molecule has 1 saturated heterocycles. The van der Waals surface area contributed by atoms with E-state index in [1.54, 1.807) is 16.8 Å². The molecule has 3 heterocycles. The van der Waals surface area contributed by atoms with E-state index in [0.717, 1.165) is 31.4 Å². The predicted molar refractivity (Wildman–Crippen MR) is 107 cm³/mol. The summed E-state index contributed by atoms with van der Waals surface area (Å²) in [6, 6.07) is 3.42. The van der Waals surface area contributed by atoms with Gasteiger partial charge < -0.3 is 19.5 Å². The fourth-order valence-electron chi connectivity index (χ4n) is 2.71. The first-order chi connectivity index (χ1) is 12.2. The van der Waals surface area contributed by atoms with Crippen molar-refractivity contribution < 1.29 is 9.21 Å². The zero-order valence-electron chi connectivity index (χ0n) is 15.0. The Hall–Kier alpha value is -2.11. The zero-order valence-corrected chi connectivity index (χ0v) is 17.3. The molecule has 9 nitrogen and oxygen atoms in total. The standard InChI is InChI=1S/C16H23N7O2.HI/c1-3-17-16(18-11-14-19-12-20-21(14)2)23-8-6-22(7-9-23)15(24)13-5-4-10-25-13;/h4-5,10,12H,3,6-9,11H2,1-2H3,(H,17,18);1H. The van der Waals surface area contributed by atoms with Crippen LogP contribution in [-0.4, -0.2) is 69.2 Å². The van der Waals surface area contributed by atoms with Gasteiger partial charge in [0.25, 0.3) is 5.91 Å². The summed E-state index contributed by atoms with van der Waals surface area (Å²) in [5, 5.41) is 7.36. The smallest absolute Gasteiger partial charge is 0.289 e. The van der Waals surface area contributed by atoms with Gasteiger partial charge in [-0.1, -0.05) is 0 Å². The molecule has 0 aliphatic carbocycles. The maximum Gasteiger partial charge on any atom is 0.289 e. The molecule has 142 valence electrons. The van der Waals surface area contributed by atoms with E-state index in [9.17, 15) is 4.79 Å². The van der Waals surface area contributed by atoms with Gasteiger partial charge in [-0.2, -0.15) is 5.10 Å². The number of carbonyl (C=O) groups is 1. The molecule has 0 radical (unpaired) electrons. The lowest BCUT2D eigenvalue weighted by molar-refractivity contribution is 0.0657. The van der Waals surface area contributed by atoms with Crippen LogP contribution in [-0.2, 0) is 13.6 Å². The Balaban J connectivity index is 0.00000243. The lowest BCUT2D eigenvalue weighted by atomic mass is 10.3. The van der Waals surface area contributed by atoms with E-state index in [-0.39, 0.29) is 29.9 Å². The third-order valence-electron chi connectivity index (χ3n) is 4.11. The van der Waals surface area contributed by atoms with E-state index < -0.39 is 0 Å². The number of amides is 1. The van der Waals surface area contributed by atoms with Crippen LogP contribution in [0.2, 0.25) is 0 Å². The van der Waals surface area contributed by atoms with Crippen molar-refractivity contribution in [3.05, 3.63) is 36.3 Å². The van der Waals surface area contributed by atoms with Gasteiger partial charge in [-0.3, -0.25) is 9.48 Å². The van der Waals surface area contributed by atoms with Gasteiger partial charge in [0.05, 0.1) is 6.26 Å². The van der Waals surface area contributed by atoms with Crippen LogP contribution in [0.15, 0.2) is 34.1 Å². The number of guanidine groups is 1. The van der Waals surface area contributed by atoms with Crippen LogP contribution >= 0.6 is 24.0 Å². The summed E-state index contributed by atoms with van der Waals surface area (Å²) < 4.78 is 6.91. The molecule has 0 unspecified atom stereocenters. The van der Waals surface area contributed by atoms with E-state index in [1.807, 2.05) is 18.9 Å². The van der Waals surface area contributed by atoms with Gasteiger partial charge in [-0.25, -0.2) is 9.98 Å². The Morgan fingerprint density at radius 3 is 2.62 bits per heavy atom. The highest BCUT2D eigenvalue weighted by molar-refractivity contribution is 14.0. The highest BCUT2D eigenvalue weighted by atomic mass is 127. The summed E-state index contributed by atoms with van der Waals surface area (Å²) in [6.45, 7) is 5.98. The Kier molecular flexibility index (Phi) is 7.42. The molecule has 1 N–H and O–H groups in total. The summed E-state index contributed by atoms with van der Waals surface area (Å²) in [5.41, 5.74) is 0. The molecule has 2 aromatic heterocycles. The molecule has 0 atom stereocenters. The van der Waals surface area contributed by atoms with Crippen molar-refractivity contribution in [3.8, 4) is 0 Å². The fraction of sp³-hybridized carbons (Fsp3) is 0.500. The van der Waals surface area contributed by atoms with Crippen LogP contribution < -0.4 is 5.32 Å². The van der Waals surface area contributed by atoms with Gasteiger partial charge in [0.15, 0.2) is 11.7 Å². The van der Waals surface area contributed by atoms with E-state index in [2.05, 4.69) is 25.3 Å². The van der Waals surface area contributed by atoms with Crippen molar-refractivity contribution in [2.45, 2.75) is 13.5 Å². The first-order valence-corrected chi connectivity index (χ1v) is 8.38. The Bertz CT molecular complexity index is 721. The van der Waals surface area contributed by atoms with E-state index >= 15 is 0 Å². The number of hydrogen-bond donors (Lipinski definition) is 1. The topological polar surface area (TPSA) is 91.8 Å². The first-order valence-electron chi connectivity index (χ1n) is 8.38. The van der Waals surface area contributed by atoms with E-state index in [4.69, 9.17) is 4.42 Å². The monoisotopic (exact) mass is 473 g/mol. The number of piperazine rings is 1. The van der Waals surface area contributed by atoms with Gasteiger partial charge in [0.2, 0.25) is 0 Å². The number of aliphatic imine (C=N–C) groups is 1. The highest BCUT2D eigenvalue weighted by Crippen LogP contribution is 2.10. The second-order valence-electron chi connectivity index (χ2n) is 5.73. The Morgan fingerprint density at radius 2 is 2.04 bits per heavy atom. The number of halogens is 1. The normalized spacial score (nSPS) is 14.9. The largest absolute Gasteiger partial charge is 0.459 e. The average molecular weight is 473 g/mol. The first kappa shape index (κ1) is 20.2. The van der Waals surface area contributed by atoms with Crippen LogP contribution in [0.3, 0.4) is 0 Å². The van der Waals surface area contributed by atoms with Crippen molar-refractivity contribution in [1.29, 1.82) is 0 Å². The molecular weight excluding hydrogens is 449 g/mol. The van der Waals surface area contributed by atoms with Crippen LogP contribution in [0, 0.1) is 0 Å².